The van der Waals surface area contributed by atoms with Crippen LogP contribution in [0.25, 0.3) is 0 Å². The van der Waals surface area contributed by atoms with Crippen LogP contribution in [0.3, 0.4) is 0 Å². The molecule has 1 aliphatic carbocycles. The Morgan fingerprint density at radius 2 is 1.88 bits per heavy atom. The van der Waals surface area contributed by atoms with Gasteiger partial charge in [-0.25, -0.2) is 4.57 Å². The first-order valence-electron chi connectivity index (χ1n) is 11.8. The number of fused-ring (bicyclic) bond motifs is 1. The van der Waals surface area contributed by atoms with Crippen LogP contribution in [0.2, 0.25) is 0 Å². The summed E-state index contributed by atoms with van der Waals surface area (Å²) in [6, 6.07) is 14.4. The van der Waals surface area contributed by atoms with Crippen LogP contribution in [0.1, 0.15) is 54.9 Å². The molecule has 8 nitrogen and oxygen atoms in total. The van der Waals surface area contributed by atoms with Crippen LogP contribution in [0.5, 0.6) is 11.5 Å². The highest BCUT2D eigenvalue weighted by Crippen LogP contribution is 2.38. The van der Waals surface area contributed by atoms with Gasteiger partial charge in [0.2, 0.25) is 5.91 Å². The molecular formula is C25H32NO7P. The van der Waals surface area contributed by atoms with E-state index in [1.807, 2.05) is 18.2 Å². The molecule has 1 aliphatic heterocycles. The summed E-state index contributed by atoms with van der Waals surface area (Å²) in [5.74, 6) is 1.52. The van der Waals surface area contributed by atoms with Crippen molar-refractivity contribution >= 4 is 13.7 Å². The highest BCUT2D eigenvalue weighted by Gasteiger charge is 2.28. The van der Waals surface area contributed by atoms with Crippen LogP contribution < -0.4 is 14.8 Å². The zero-order valence-electron chi connectivity index (χ0n) is 19.3. The molecule has 1 fully saturated rings. The molecule has 0 bridgehead atoms. The van der Waals surface area contributed by atoms with Gasteiger partial charge in [0.05, 0.1) is 12.7 Å². The molecule has 3 N–H and O–H groups in total. The fourth-order valence-corrected chi connectivity index (χ4v) is 5.05. The van der Waals surface area contributed by atoms with Gasteiger partial charge in [0.25, 0.3) is 0 Å². The predicted octanol–water partition coefficient (Wildman–Crippen LogP) is 4.22. The Bertz CT molecular complexity index is 1050. The molecule has 1 amide bonds. The second-order valence-corrected chi connectivity index (χ2v) is 10.2. The highest BCUT2D eigenvalue weighted by atomic mass is 31.2. The number of benzene rings is 2. The maximum atomic E-state index is 12.3. The van der Waals surface area contributed by atoms with Crippen molar-refractivity contribution in [3.05, 3.63) is 59.2 Å². The number of nitrogens with one attached hydrogen (secondary N) is 1. The third-order valence-electron chi connectivity index (χ3n) is 6.52. The smallest absolute Gasteiger partial charge is 0.469 e. The van der Waals surface area contributed by atoms with E-state index in [1.54, 1.807) is 0 Å². The Kier molecular flexibility index (Phi) is 7.94. The topological polar surface area (TPSA) is 114 Å². The number of phosphoric acid groups is 1. The quantitative estimate of drug-likeness (QED) is 0.376. The summed E-state index contributed by atoms with van der Waals surface area (Å²) in [4.78, 5) is 29.6. The molecule has 0 radical (unpaired) electrons. The lowest BCUT2D eigenvalue weighted by Gasteiger charge is -2.30. The van der Waals surface area contributed by atoms with E-state index in [9.17, 15) is 9.36 Å². The van der Waals surface area contributed by atoms with Gasteiger partial charge < -0.3 is 24.6 Å². The van der Waals surface area contributed by atoms with E-state index in [4.69, 9.17) is 19.3 Å². The maximum Gasteiger partial charge on any atom is 0.469 e. The molecule has 34 heavy (non-hydrogen) atoms. The van der Waals surface area contributed by atoms with Gasteiger partial charge in [-0.15, -0.1) is 0 Å². The second kappa shape index (κ2) is 10.9. The number of rotatable bonds is 8. The number of carbonyl (C=O) groups is 1. The van der Waals surface area contributed by atoms with Crippen molar-refractivity contribution in [3.8, 4) is 11.5 Å². The van der Waals surface area contributed by atoms with Gasteiger partial charge in [-0.1, -0.05) is 24.3 Å². The van der Waals surface area contributed by atoms with Crippen LogP contribution in [-0.4, -0.2) is 34.9 Å². The molecule has 4 rings (SSSR count). The number of aryl methyl sites for hydroxylation is 2. The summed E-state index contributed by atoms with van der Waals surface area (Å²) in [5.41, 5.74) is 3.64. The molecule has 9 heteroatoms. The molecule has 1 atom stereocenters. The minimum Gasteiger partial charge on any atom is -0.490 e. The third-order valence-corrected chi connectivity index (χ3v) is 7.04. The number of ether oxygens (including phenoxy) is 2. The number of amides is 1. The summed E-state index contributed by atoms with van der Waals surface area (Å²) in [6.07, 6.45) is 4.98. The second-order valence-electron chi connectivity index (χ2n) is 8.98. The van der Waals surface area contributed by atoms with Crippen LogP contribution >= 0.6 is 7.82 Å². The van der Waals surface area contributed by atoms with Crippen molar-refractivity contribution in [3.63, 3.8) is 0 Å². The third kappa shape index (κ3) is 6.60. The molecule has 2 aliphatic rings. The van der Waals surface area contributed by atoms with Crippen LogP contribution in [-0.2, 0) is 20.3 Å². The van der Waals surface area contributed by atoms with Crippen molar-refractivity contribution in [2.45, 2.75) is 57.7 Å². The van der Waals surface area contributed by atoms with E-state index in [2.05, 4.69) is 41.0 Å². The maximum absolute atomic E-state index is 12.3. The molecule has 0 aromatic heterocycles. The Balaban J connectivity index is 1.24. The van der Waals surface area contributed by atoms with Gasteiger partial charge in [-0.05, 0) is 80.3 Å². The molecule has 184 valence electrons. The van der Waals surface area contributed by atoms with Crippen molar-refractivity contribution < 1.29 is 33.1 Å². The predicted molar refractivity (Wildman–Crippen MR) is 127 cm³/mol. The monoisotopic (exact) mass is 489 g/mol. The summed E-state index contributed by atoms with van der Waals surface area (Å²) in [6.45, 7) is 1.97. The average molecular weight is 490 g/mol. The Hall–Kier alpha value is -2.38. The molecule has 2 aromatic carbocycles. The number of hydrogen-bond acceptors (Lipinski definition) is 5. The standard InChI is InChI=1S/C25H32NO7P/c1-17-4-2-3-5-22(17)24-12-8-19-16-21(11-13-23(19)33-24)32-20-9-6-18(7-10-20)25(27)26-14-15-31-34(28,29)30/h2-5,11,13,16,18,20,24H,6-10,12,14-15H2,1H3,(H,26,27)(H2,28,29,30)/t18?,20?,24-/m0/s1. The Labute approximate surface area is 199 Å². The zero-order valence-corrected chi connectivity index (χ0v) is 20.2. The van der Waals surface area contributed by atoms with Gasteiger partial charge in [0.1, 0.15) is 17.6 Å². The fourth-order valence-electron chi connectivity index (χ4n) is 4.72. The molecule has 1 heterocycles. The van der Waals surface area contributed by atoms with E-state index in [-0.39, 0.29) is 37.2 Å². The van der Waals surface area contributed by atoms with Gasteiger partial charge in [-0.2, -0.15) is 0 Å². The molecule has 1 saturated carbocycles. The van der Waals surface area contributed by atoms with E-state index < -0.39 is 7.82 Å². The van der Waals surface area contributed by atoms with E-state index in [0.29, 0.717) is 12.8 Å². The largest absolute Gasteiger partial charge is 0.490 e. The lowest BCUT2D eigenvalue weighted by atomic mass is 9.86. The minimum absolute atomic E-state index is 0.0596. The number of hydrogen-bond donors (Lipinski definition) is 3. The van der Waals surface area contributed by atoms with E-state index in [1.165, 1.54) is 11.1 Å². The first kappa shape index (κ1) is 24.7. The summed E-state index contributed by atoms with van der Waals surface area (Å²) < 4.78 is 27.5. The lowest BCUT2D eigenvalue weighted by Crippen LogP contribution is -2.36. The normalized spacial score (nSPS) is 22.4. The van der Waals surface area contributed by atoms with E-state index >= 15 is 0 Å². The minimum atomic E-state index is -4.50. The molecule has 0 spiro atoms. The Morgan fingerprint density at radius 1 is 1.12 bits per heavy atom. The number of carbonyl (C=O) groups excluding carboxylic acids is 1. The molecule has 0 saturated heterocycles. The van der Waals surface area contributed by atoms with Crippen molar-refractivity contribution in [2.24, 2.45) is 5.92 Å². The van der Waals surface area contributed by atoms with Crippen molar-refractivity contribution in [1.82, 2.24) is 5.32 Å². The van der Waals surface area contributed by atoms with E-state index in [0.717, 1.165) is 42.7 Å². The summed E-state index contributed by atoms with van der Waals surface area (Å²) in [7, 11) is -4.50. The molecule has 2 aromatic rings. The van der Waals surface area contributed by atoms with Gasteiger partial charge in [0, 0.05) is 12.5 Å². The van der Waals surface area contributed by atoms with Crippen LogP contribution in [0.15, 0.2) is 42.5 Å². The molecule has 0 unspecified atom stereocenters. The van der Waals surface area contributed by atoms with Crippen molar-refractivity contribution in [2.75, 3.05) is 13.2 Å². The van der Waals surface area contributed by atoms with Crippen molar-refractivity contribution in [1.29, 1.82) is 0 Å². The average Bonchev–Trinajstić information content (AvgIpc) is 2.81. The molecular weight excluding hydrogens is 457 g/mol. The first-order chi connectivity index (χ1) is 16.3. The van der Waals surface area contributed by atoms with Gasteiger partial charge in [-0.3, -0.25) is 9.32 Å². The Morgan fingerprint density at radius 3 is 2.62 bits per heavy atom. The first-order valence-corrected chi connectivity index (χ1v) is 13.3. The van der Waals surface area contributed by atoms with Gasteiger partial charge >= 0.3 is 7.82 Å². The fraction of sp³-hybridized carbons (Fsp3) is 0.480. The van der Waals surface area contributed by atoms with Crippen LogP contribution in [0, 0.1) is 12.8 Å². The zero-order chi connectivity index (χ0) is 24.1. The summed E-state index contributed by atoms with van der Waals surface area (Å²) in [5, 5.41) is 2.68. The van der Waals surface area contributed by atoms with Crippen LogP contribution in [0.4, 0.5) is 0 Å². The SMILES string of the molecule is Cc1ccccc1[C@@H]1CCc2cc(OC3CCC(C(=O)NCCOP(=O)(O)O)CC3)ccc2O1. The number of phosphoric ester groups is 1. The highest BCUT2D eigenvalue weighted by molar-refractivity contribution is 7.46. The van der Waals surface area contributed by atoms with Gasteiger partial charge in [0.15, 0.2) is 0 Å². The summed E-state index contributed by atoms with van der Waals surface area (Å²) >= 11 is 0. The lowest BCUT2D eigenvalue weighted by molar-refractivity contribution is -0.126.